The van der Waals surface area contributed by atoms with Gasteiger partial charge in [0, 0.05) is 17.0 Å². The van der Waals surface area contributed by atoms with E-state index >= 15 is 0 Å². The van der Waals surface area contributed by atoms with Crippen LogP contribution in [0.25, 0.3) is 16.6 Å². The summed E-state index contributed by atoms with van der Waals surface area (Å²) in [6, 6.07) is 12.5. The molecule has 0 unspecified atom stereocenters. The zero-order chi connectivity index (χ0) is 22.2. The van der Waals surface area contributed by atoms with Gasteiger partial charge in [0.25, 0.3) is 5.56 Å². The van der Waals surface area contributed by atoms with Crippen molar-refractivity contribution >= 4 is 28.4 Å². The Morgan fingerprint density at radius 3 is 2.88 bits per heavy atom. The van der Waals surface area contributed by atoms with E-state index in [0.29, 0.717) is 38.8 Å². The molecule has 0 saturated carbocycles. The first kappa shape index (κ1) is 20.1. The number of hydrogen-bond donors (Lipinski definition) is 1. The van der Waals surface area contributed by atoms with Crippen LogP contribution in [0.5, 0.6) is 11.5 Å². The van der Waals surface area contributed by atoms with Gasteiger partial charge in [-0.2, -0.15) is 10.2 Å². The van der Waals surface area contributed by atoms with E-state index in [1.807, 2.05) is 12.1 Å². The molecular weight excluding hydrogens is 434 g/mol. The first-order valence-electron chi connectivity index (χ1n) is 9.86. The lowest BCUT2D eigenvalue weighted by atomic mass is 10.2. The number of carbonyl (C=O) groups excluding carboxylic acids is 1. The van der Waals surface area contributed by atoms with Gasteiger partial charge in [-0.15, -0.1) is 0 Å². The largest absolute Gasteiger partial charge is 0.454 e. The highest BCUT2D eigenvalue weighted by Gasteiger charge is 2.17. The minimum Gasteiger partial charge on any atom is -0.454 e. The lowest BCUT2D eigenvalue weighted by Gasteiger charge is -2.10. The van der Waals surface area contributed by atoms with Gasteiger partial charge in [-0.3, -0.25) is 9.59 Å². The average Bonchev–Trinajstić information content (AvgIpc) is 3.43. The van der Waals surface area contributed by atoms with Crippen molar-refractivity contribution in [2.24, 2.45) is 0 Å². The summed E-state index contributed by atoms with van der Waals surface area (Å²) in [6.45, 7) is 2.02. The second kappa shape index (κ2) is 8.01. The number of fused-ring (bicyclic) bond motifs is 2. The van der Waals surface area contributed by atoms with Crippen molar-refractivity contribution < 1.29 is 14.3 Å². The number of rotatable bonds is 5. The average molecular weight is 452 g/mol. The molecule has 0 spiro atoms. The van der Waals surface area contributed by atoms with E-state index in [4.69, 9.17) is 21.1 Å². The van der Waals surface area contributed by atoms with Crippen LogP contribution in [0, 0.1) is 6.92 Å². The van der Waals surface area contributed by atoms with E-state index in [0.717, 1.165) is 10.2 Å². The molecule has 4 aromatic rings. The van der Waals surface area contributed by atoms with E-state index in [1.54, 1.807) is 43.5 Å². The van der Waals surface area contributed by atoms with Crippen molar-refractivity contribution in [3.63, 3.8) is 0 Å². The predicted molar refractivity (Wildman–Crippen MR) is 117 cm³/mol. The normalized spacial score (nSPS) is 12.3. The molecule has 0 fully saturated rings. The topological polar surface area (TPSA) is 100 Å². The van der Waals surface area contributed by atoms with Gasteiger partial charge in [0.1, 0.15) is 12.1 Å². The molecule has 9 nitrogen and oxygen atoms in total. The number of benzene rings is 2. The smallest absolute Gasteiger partial charge is 0.293 e. The zero-order valence-electron chi connectivity index (χ0n) is 17.0. The number of halogens is 1. The standard InChI is InChI=1S/C22H18ClN5O4/c1-13-17-10-25-28(16-4-2-3-15(23)8-16)21(17)22(30)27(26-13)11-20(29)24-9-14-5-6-18-19(7-14)32-12-31-18/h2-8,10H,9,11-12H2,1H3,(H,24,29). The molecule has 2 aromatic heterocycles. The fraction of sp³-hybridized carbons (Fsp3) is 0.182. The highest BCUT2D eigenvalue weighted by atomic mass is 35.5. The van der Waals surface area contributed by atoms with Crippen LogP contribution < -0.4 is 20.3 Å². The molecule has 2 aromatic carbocycles. The molecular formula is C22H18ClN5O4. The quantitative estimate of drug-likeness (QED) is 0.500. The maximum absolute atomic E-state index is 13.2. The van der Waals surface area contributed by atoms with Gasteiger partial charge >= 0.3 is 0 Å². The predicted octanol–water partition coefficient (Wildman–Crippen LogP) is 2.59. The number of nitrogens with zero attached hydrogens (tertiary/aromatic N) is 4. The molecule has 10 heteroatoms. The minimum atomic E-state index is -0.415. The monoisotopic (exact) mass is 451 g/mol. The second-order valence-corrected chi connectivity index (χ2v) is 7.75. The van der Waals surface area contributed by atoms with Gasteiger partial charge in [-0.05, 0) is 42.8 Å². The zero-order valence-corrected chi connectivity index (χ0v) is 17.8. The minimum absolute atomic E-state index is 0.188. The first-order valence-corrected chi connectivity index (χ1v) is 10.2. The summed E-state index contributed by atoms with van der Waals surface area (Å²) < 4.78 is 13.3. The molecule has 0 aliphatic carbocycles. The summed E-state index contributed by atoms with van der Waals surface area (Å²) in [7, 11) is 0. The van der Waals surface area contributed by atoms with Gasteiger partial charge in [0.15, 0.2) is 11.5 Å². The molecule has 0 atom stereocenters. The van der Waals surface area contributed by atoms with Crippen LogP contribution in [-0.2, 0) is 17.9 Å². The van der Waals surface area contributed by atoms with Gasteiger partial charge in [-0.25, -0.2) is 9.36 Å². The van der Waals surface area contributed by atoms with Crippen LogP contribution in [0.2, 0.25) is 5.02 Å². The summed E-state index contributed by atoms with van der Waals surface area (Å²) in [4.78, 5) is 25.7. The Hall–Kier alpha value is -3.85. The number of amides is 1. The highest BCUT2D eigenvalue weighted by molar-refractivity contribution is 6.30. The summed E-state index contributed by atoms with van der Waals surface area (Å²) in [5.74, 6) is 0.978. The van der Waals surface area contributed by atoms with Crippen LogP contribution in [0.1, 0.15) is 11.3 Å². The van der Waals surface area contributed by atoms with E-state index in [-0.39, 0.29) is 25.8 Å². The van der Waals surface area contributed by atoms with Gasteiger partial charge in [0.2, 0.25) is 12.7 Å². The molecule has 5 rings (SSSR count). The summed E-state index contributed by atoms with van der Waals surface area (Å²) in [5, 5.41) is 12.6. The van der Waals surface area contributed by atoms with Crippen LogP contribution >= 0.6 is 11.6 Å². The molecule has 0 radical (unpaired) electrons. The molecule has 1 amide bonds. The maximum atomic E-state index is 13.2. The number of carbonyl (C=O) groups is 1. The molecule has 0 saturated heterocycles. The number of aryl methyl sites for hydroxylation is 1. The summed E-state index contributed by atoms with van der Waals surface area (Å²) in [6.07, 6.45) is 1.59. The fourth-order valence-corrected chi connectivity index (χ4v) is 3.76. The third-order valence-corrected chi connectivity index (χ3v) is 5.37. The summed E-state index contributed by atoms with van der Waals surface area (Å²) in [5.41, 5.74) is 2.02. The Bertz CT molecular complexity index is 1410. The van der Waals surface area contributed by atoms with Crippen LogP contribution in [0.3, 0.4) is 0 Å². The first-order chi connectivity index (χ1) is 15.5. The molecule has 32 heavy (non-hydrogen) atoms. The van der Waals surface area contributed by atoms with Crippen molar-refractivity contribution in [3.8, 4) is 17.2 Å². The van der Waals surface area contributed by atoms with Crippen molar-refractivity contribution in [2.45, 2.75) is 20.0 Å². The molecule has 1 aliphatic heterocycles. The number of hydrogen-bond acceptors (Lipinski definition) is 6. The Morgan fingerprint density at radius 1 is 1.19 bits per heavy atom. The molecule has 1 aliphatic rings. The molecule has 162 valence electrons. The Morgan fingerprint density at radius 2 is 2.03 bits per heavy atom. The van der Waals surface area contributed by atoms with Crippen molar-refractivity contribution in [1.29, 1.82) is 0 Å². The molecule has 3 heterocycles. The Kier molecular flexibility index (Phi) is 5.02. The van der Waals surface area contributed by atoms with E-state index in [9.17, 15) is 9.59 Å². The Balaban J connectivity index is 1.39. The fourth-order valence-electron chi connectivity index (χ4n) is 3.58. The van der Waals surface area contributed by atoms with Crippen LogP contribution in [-0.4, -0.2) is 32.3 Å². The van der Waals surface area contributed by atoms with Crippen LogP contribution in [0.4, 0.5) is 0 Å². The lowest BCUT2D eigenvalue weighted by molar-refractivity contribution is -0.122. The van der Waals surface area contributed by atoms with E-state index in [2.05, 4.69) is 15.5 Å². The molecule has 0 bridgehead atoms. The second-order valence-electron chi connectivity index (χ2n) is 7.31. The van der Waals surface area contributed by atoms with Gasteiger partial charge in [0.05, 0.1) is 17.6 Å². The lowest BCUT2D eigenvalue weighted by Crippen LogP contribution is -2.34. The van der Waals surface area contributed by atoms with Crippen molar-refractivity contribution in [3.05, 3.63) is 75.3 Å². The third-order valence-electron chi connectivity index (χ3n) is 5.14. The summed E-state index contributed by atoms with van der Waals surface area (Å²) >= 11 is 6.10. The van der Waals surface area contributed by atoms with Crippen molar-refractivity contribution in [2.75, 3.05) is 6.79 Å². The highest BCUT2D eigenvalue weighted by Crippen LogP contribution is 2.32. The van der Waals surface area contributed by atoms with Crippen LogP contribution in [0.15, 0.2) is 53.5 Å². The number of aromatic nitrogens is 4. The number of ether oxygens (including phenoxy) is 2. The maximum Gasteiger partial charge on any atom is 0.293 e. The van der Waals surface area contributed by atoms with E-state index < -0.39 is 5.56 Å². The van der Waals surface area contributed by atoms with Crippen molar-refractivity contribution in [1.82, 2.24) is 24.9 Å². The van der Waals surface area contributed by atoms with Gasteiger partial charge < -0.3 is 14.8 Å². The number of nitrogens with one attached hydrogen (secondary N) is 1. The third kappa shape index (κ3) is 3.67. The Labute approximate surface area is 187 Å². The van der Waals surface area contributed by atoms with E-state index in [1.165, 1.54) is 4.68 Å². The SMILES string of the molecule is Cc1nn(CC(=O)NCc2ccc3c(c2)OCO3)c(=O)c2c1cnn2-c1cccc(Cl)c1. The van der Waals surface area contributed by atoms with Gasteiger partial charge in [-0.1, -0.05) is 23.7 Å². The molecule has 1 N–H and O–H groups in total.